The van der Waals surface area contributed by atoms with Crippen LogP contribution in [0, 0.1) is 17.6 Å². The Morgan fingerprint density at radius 3 is 2.59 bits per heavy atom. The topological polar surface area (TPSA) is 50.8 Å². The van der Waals surface area contributed by atoms with Crippen LogP contribution in [0.4, 0.5) is 14.5 Å². The van der Waals surface area contributed by atoms with Crippen molar-refractivity contribution in [1.29, 1.82) is 0 Å². The molecular weight excluding hydrogens is 354 g/mol. The summed E-state index contributed by atoms with van der Waals surface area (Å²) in [5.41, 5.74) is 1.14. The second-order valence-electron chi connectivity index (χ2n) is 6.48. The van der Waals surface area contributed by atoms with Crippen molar-refractivity contribution in [3.05, 3.63) is 53.6 Å². The van der Waals surface area contributed by atoms with E-state index in [0.29, 0.717) is 35.8 Å². The van der Waals surface area contributed by atoms with Gasteiger partial charge >= 0.3 is 0 Å². The van der Waals surface area contributed by atoms with Gasteiger partial charge in [-0.2, -0.15) is 0 Å². The Labute approximate surface area is 156 Å². The molecule has 2 aromatic rings. The van der Waals surface area contributed by atoms with E-state index in [9.17, 15) is 13.6 Å². The molecule has 1 aliphatic rings. The first kappa shape index (κ1) is 18.9. The molecule has 144 valence electrons. The predicted octanol–water partition coefficient (Wildman–Crippen LogP) is 3.24. The number of hydrogen-bond donors (Lipinski definition) is 1. The maximum Gasteiger partial charge on any atom is 0.251 e. The Bertz CT molecular complexity index is 829. The lowest BCUT2D eigenvalue weighted by Gasteiger charge is -2.19. The fourth-order valence-electron chi connectivity index (χ4n) is 3.23. The number of anilines is 1. The predicted molar refractivity (Wildman–Crippen MR) is 98.6 cm³/mol. The standard InChI is InChI=1S/C20H22F2N2O3/c1-26-18-6-3-14(9-19(18)27-2)20(25)23-11-13-7-8-24(12-13)15-4-5-16(21)17(22)10-15/h3-6,9-10,13H,7-8,11-12H2,1-2H3,(H,23,25)/t13-/m0/s1. The molecule has 5 nitrogen and oxygen atoms in total. The molecule has 0 aromatic heterocycles. The van der Waals surface area contributed by atoms with Crippen LogP contribution in [-0.2, 0) is 0 Å². The van der Waals surface area contributed by atoms with Crippen LogP contribution in [0.1, 0.15) is 16.8 Å². The summed E-state index contributed by atoms with van der Waals surface area (Å²) in [7, 11) is 3.06. The first-order chi connectivity index (χ1) is 13.0. The zero-order valence-electron chi connectivity index (χ0n) is 15.3. The Balaban J connectivity index is 1.56. The molecule has 2 aromatic carbocycles. The van der Waals surface area contributed by atoms with Crippen molar-refractivity contribution < 1.29 is 23.0 Å². The third-order valence-electron chi connectivity index (χ3n) is 4.75. The van der Waals surface area contributed by atoms with Crippen LogP contribution in [0.3, 0.4) is 0 Å². The van der Waals surface area contributed by atoms with E-state index in [1.54, 1.807) is 24.3 Å². The van der Waals surface area contributed by atoms with Crippen molar-refractivity contribution in [1.82, 2.24) is 5.32 Å². The van der Waals surface area contributed by atoms with Crippen LogP contribution in [0.15, 0.2) is 36.4 Å². The fraction of sp³-hybridized carbons (Fsp3) is 0.350. The number of hydrogen-bond acceptors (Lipinski definition) is 4. The van der Waals surface area contributed by atoms with Gasteiger partial charge in [0, 0.05) is 37.0 Å². The molecule has 1 heterocycles. The van der Waals surface area contributed by atoms with Crippen LogP contribution in [0.5, 0.6) is 11.5 Å². The van der Waals surface area contributed by atoms with E-state index in [0.717, 1.165) is 19.0 Å². The van der Waals surface area contributed by atoms with Gasteiger partial charge in [-0.25, -0.2) is 8.78 Å². The second kappa shape index (κ2) is 8.24. The summed E-state index contributed by atoms with van der Waals surface area (Å²) >= 11 is 0. The maximum atomic E-state index is 13.4. The van der Waals surface area contributed by atoms with Crippen molar-refractivity contribution in [3.63, 3.8) is 0 Å². The molecule has 1 amide bonds. The summed E-state index contributed by atoms with van der Waals surface area (Å²) in [5.74, 6) is -0.596. The first-order valence-electron chi connectivity index (χ1n) is 8.72. The third-order valence-corrected chi connectivity index (χ3v) is 4.75. The molecule has 7 heteroatoms. The number of rotatable bonds is 6. The van der Waals surface area contributed by atoms with Gasteiger partial charge in [0.15, 0.2) is 23.1 Å². The second-order valence-corrected chi connectivity index (χ2v) is 6.48. The number of carbonyl (C=O) groups is 1. The molecule has 27 heavy (non-hydrogen) atoms. The van der Waals surface area contributed by atoms with Crippen molar-refractivity contribution in [2.75, 3.05) is 38.8 Å². The lowest BCUT2D eigenvalue weighted by Crippen LogP contribution is -2.31. The Hall–Kier alpha value is -2.83. The summed E-state index contributed by atoms with van der Waals surface area (Å²) in [6.07, 6.45) is 0.866. The molecule has 0 aliphatic carbocycles. The fourth-order valence-corrected chi connectivity index (χ4v) is 3.23. The van der Waals surface area contributed by atoms with Gasteiger partial charge in [0.1, 0.15) is 0 Å². The number of benzene rings is 2. The van der Waals surface area contributed by atoms with Gasteiger partial charge in [0.2, 0.25) is 0 Å². The number of carbonyl (C=O) groups excluding carboxylic acids is 1. The highest BCUT2D eigenvalue weighted by Crippen LogP contribution is 2.28. The number of methoxy groups -OCH3 is 2. The van der Waals surface area contributed by atoms with Crippen molar-refractivity contribution >= 4 is 11.6 Å². The number of ether oxygens (including phenoxy) is 2. The Morgan fingerprint density at radius 2 is 1.89 bits per heavy atom. The van der Waals surface area contributed by atoms with Gasteiger partial charge < -0.3 is 19.7 Å². The molecule has 3 rings (SSSR count). The Kier molecular flexibility index (Phi) is 5.78. The number of nitrogens with one attached hydrogen (secondary N) is 1. The molecule has 0 spiro atoms. The molecule has 1 atom stereocenters. The van der Waals surface area contributed by atoms with Crippen molar-refractivity contribution in [3.8, 4) is 11.5 Å². The molecule has 1 fully saturated rings. The lowest BCUT2D eigenvalue weighted by atomic mass is 10.1. The average molecular weight is 376 g/mol. The summed E-state index contributed by atoms with van der Waals surface area (Å²) in [5, 5.41) is 2.93. The van der Waals surface area contributed by atoms with Gasteiger partial charge in [0.05, 0.1) is 14.2 Å². The van der Waals surface area contributed by atoms with E-state index in [2.05, 4.69) is 5.32 Å². The van der Waals surface area contributed by atoms with Crippen molar-refractivity contribution in [2.45, 2.75) is 6.42 Å². The molecule has 1 N–H and O–H groups in total. The highest BCUT2D eigenvalue weighted by atomic mass is 19.2. The zero-order valence-corrected chi connectivity index (χ0v) is 15.3. The van der Waals surface area contributed by atoms with Gasteiger partial charge in [-0.05, 0) is 42.7 Å². The summed E-state index contributed by atoms with van der Waals surface area (Å²) in [6, 6.07) is 8.92. The molecule has 1 saturated heterocycles. The number of amides is 1. The monoisotopic (exact) mass is 376 g/mol. The van der Waals surface area contributed by atoms with E-state index < -0.39 is 11.6 Å². The molecule has 1 aliphatic heterocycles. The SMILES string of the molecule is COc1ccc(C(=O)NC[C@@H]2CCN(c3ccc(F)c(F)c3)C2)cc1OC. The average Bonchev–Trinajstić information content (AvgIpc) is 3.16. The lowest BCUT2D eigenvalue weighted by molar-refractivity contribution is 0.0948. The largest absolute Gasteiger partial charge is 0.493 e. The third kappa shape index (κ3) is 4.30. The minimum absolute atomic E-state index is 0.192. The Morgan fingerprint density at radius 1 is 1.11 bits per heavy atom. The summed E-state index contributed by atoms with van der Waals surface area (Å²) < 4.78 is 36.9. The highest BCUT2D eigenvalue weighted by Gasteiger charge is 2.24. The van der Waals surface area contributed by atoms with Crippen LogP contribution in [0.25, 0.3) is 0 Å². The maximum absolute atomic E-state index is 13.4. The minimum atomic E-state index is -0.850. The van der Waals surface area contributed by atoms with Crippen LogP contribution >= 0.6 is 0 Å². The van der Waals surface area contributed by atoms with E-state index in [4.69, 9.17) is 9.47 Å². The van der Waals surface area contributed by atoms with Crippen molar-refractivity contribution in [2.24, 2.45) is 5.92 Å². The van der Waals surface area contributed by atoms with E-state index in [1.807, 2.05) is 4.90 Å². The molecular formula is C20H22F2N2O3. The smallest absolute Gasteiger partial charge is 0.251 e. The summed E-state index contributed by atoms with van der Waals surface area (Å²) in [6.45, 7) is 1.92. The molecule has 0 bridgehead atoms. The number of halogens is 2. The van der Waals surface area contributed by atoms with E-state index in [-0.39, 0.29) is 11.8 Å². The van der Waals surface area contributed by atoms with Gasteiger partial charge in [0.25, 0.3) is 5.91 Å². The van der Waals surface area contributed by atoms with Gasteiger partial charge in [-0.3, -0.25) is 4.79 Å². The van der Waals surface area contributed by atoms with Crippen LogP contribution in [0.2, 0.25) is 0 Å². The molecule has 0 radical (unpaired) electrons. The van der Waals surface area contributed by atoms with Crippen LogP contribution in [-0.4, -0.2) is 39.8 Å². The quantitative estimate of drug-likeness (QED) is 0.841. The summed E-state index contributed by atoms with van der Waals surface area (Å²) in [4.78, 5) is 14.4. The first-order valence-corrected chi connectivity index (χ1v) is 8.72. The highest BCUT2D eigenvalue weighted by molar-refractivity contribution is 5.94. The van der Waals surface area contributed by atoms with Gasteiger partial charge in [-0.15, -0.1) is 0 Å². The van der Waals surface area contributed by atoms with E-state index in [1.165, 1.54) is 20.3 Å². The van der Waals surface area contributed by atoms with Gasteiger partial charge in [-0.1, -0.05) is 0 Å². The van der Waals surface area contributed by atoms with Crippen LogP contribution < -0.4 is 19.7 Å². The van der Waals surface area contributed by atoms with E-state index >= 15 is 0 Å². The molecule has 0 saturated carbocycles. The number of nitrogens with zero attached hydrogens (tertiary/aromatic N) is 1. The zero-order chi connectivity index (χ0) is 19.4. The molecule has 0 unspecified atom stereocenters. The minimum Gasteiger partial charge on any atom is -0.493 e. The normalized spacial score (nSPS) is 16.3.